The molecule has 0 radical (unpaired) electrons. The maximum Gasteiger partial charge on any atom is 0.272 e. The van der Waals surface area contributed by atoms with Gasteiger partial charge in [-0.05, 0) is 73.2 Å². The molecule has 4 rings (SSSR count). The Bertz CT molecular complexity index is 1810. The predicted octanol–water partition coefficient (Wildman–Crippen LogP) is 6.91. The number of rotatable bonds is 14. The predicted molar refractivity (Wildman–Crippen MR) is 192 cm³/mol. The highest BCUT2D eigenvalue weighted by molar-refractivity contribution is 8.00. The van der Waals surface area contributed by atoms with E-state index in [9.17, 15) is 14.4 Å². The third kappa shape index (κ3) is 9.40. The van der Waals surface area contributed by atoms with Gasteiger partial charge in [-0.25, -0.2) is 0 Å². The molecule has 4 aromatic rings. The van der Waals surface area contributed by atoms with Gasteiger partial charge in [0, 0.05) is 22.2 Å². The Morgan fingerprint density at radius 3 is 1.92 bits per heavy atom. The quantitative estimate of drug-likeness (QED) is 0.0945. The number of anilines is 2. The van der Waals surface area contributed by atoms with Crippen LogP contribution in [0, 0.1) is 0 Å². The second kappa shape index (κ2) is 17.2. The Balaban J connectivity index is 1.51. The fourth-order valence-electron chi connectivity index (χ4n) is 4.56. The van der Waals surface area contributed by atoms with Gasteiger partial charge in [0.2, 0.25) is 11.7 Å². The standard InChI is InChI=1S/C36H36ClN3O8S/c1-21(34(41)39-27-19-26(37)29(44-2)20-30(27)45-3)49-25-14-12-24(13-15-25)38-36(43)28(40-35(42)23-10-8-7-9-11-23)16-22-17-31(46-4)33(48-6)32(18-22)47-5/h7-21H,1-6H3,(H,38,43)(H,39,41)(H,40,42)/b28-16-. The highest BCUT2D eigenvalue weighted by Crippen LogP contribution is 2.39. The van der Waals surface area contributed by atoms with Crippen molar-refractivity contribution >= 4 is 58.5 Å². The molecular weight excluding hydrogens is 670 g/mol. The van der Waals surface area contributed by atoms with Crippen molar-refractivity contribution in [1.29, 1.82) is 0 Å². The molecule has 0 aromatic heterocycles. The zero-order valence-electron chi connectivity index (χ0n) is 27.7. The van der Waals surface area contributed by atoms with Crippen LogP contribution in [0.3, 0.4) is 0 Å². The first kappa shape index (κ1) is 36.5. The molecule has 49 heavy (non-hydrogen) atoms. The van der Waals surface area contributed by atoms with Crippen LogP contribution in [-0.4, -0.2) is 58.5 Å². The Hall–Kier alpha value is -5.33. The summed E-state index contributed by atoms with van der Waals surface area (Å²) < 4.78 is 26.9. The molecule has 0 saturated heterocycles. The molecule has 1 atom stereocenters. The number of methoxy groups -OCH3 is 5. The Kier molecular flexibility index (Phi) is 12.8. The summed E-state index contributed by atoms with van der Waals surface area (Å²) in [7, 11) is 7.44. The van der Waals surface area contributed by atoms with Gasteiger partial charge in [-0.1, -0.05) is 29.8 Å². The van der Waals surface area contributed by atoms with Gasteiger partial charge in [-0.15, -0.1) is 11.8 Å². The summed E-state index contributed by atoms with van der Waals surface area (Å²) in [5.74, 6) is 0.671. The number of carbonyl (C=O) groups is 3. The van der Waals surface area contributed by atoms with E-state index < -0.39 is 17.1 Å². The Labute approximate surface area is 293 Å². The summed E-state index contributed by atoms with van der Waals surface area (Å²) >= 11 is 7.57. The van der Waals surface area contributed by atoms with Gasteiger partial charge < -0.3 is 39.6 Å². The van der Waals surface area contributed by atoms with Crippen LogP contribution in [0.15, 0.2) is 89.5 Å². The lowest BCUT2D eigenvalue weighted by molar-refractivity contribution is -0.115. The minimum atomic E-state index is -0.571. The monoisotopic (exact) mass is 705 g/mol. The molecule has 11 nitrogen and oxygen atoms in total. The van der Waals surface area contributed by atoms with Gasteiger partial charge in [0.25, 0.3) is 11.8 Å². The number of benzene rings is 4. The van der Waals surface area contributed by atoms with Crippen LogP contribution in [0.2, 0.25) is 5.02 Å². The topological polar surface area (TPSA) is 133 Å². The summed E-state index contributed by atoms with van der Waals surface area (Å²) in [6.07, 6.45) is 1.51. The van der Waals surface area contributed by atoms with Gasteiger partial charge in [0.1, 0.15) is 17.2 Å². The molecule has 0 aliphatic carbocycles. The molecule has 4 aromatic carbocycles. The first-order valence-corrected chi connectivity index (χ1v) is 16.0. The van der Waals surface area contributed by atoms with Crippen molar-refractivity contribution in [2.45, 2.75) is 17.1 Å². The SMILES string of the molecule is COc1cc(OC)c(NC(=O)C(C)Sc2ccc(NC(=O)/C(=C/c3cc(OC)c(OC)c(OC)c3)NC(=O)c3ccccc3)cc2)cc1Cl. The van der Waals surface area contributed by atoms with E-state index in [1.165, 1.54) is 53.4 Å². The zero-order valence-corrected chi connectivity index (χ0v) is 29.3. The number of amides is 3. The van der Waals surface area contributed by atoms with Crippen molar-refractivity contribution < 1.29 is 38.1 Å². The van der Waals surface area contributed by atoms with E-state index in [-0.39, 0.29) is 11.6 Å². The van der Waals surface area contributed by atoms with Crippen molar-refractivity contribution in [3.63, 3.8) is 0 Å². The lowest BCUT2D eigenvalue weighted by Gasteiger charge is -2.16. The van der Waals surface area contributed by atoms with Crippen LogP contribution in [0.25, 0.3) is 6.08 Å². The van der Waals surface area contributed by atoms with Crippen LogP contribution in [-0.2, 0) is 9.59 Å². The minimum absolute atomic E-state index is 0.0269. The largest absolute Gasteiger partial charge is 0.495 e. The molecule has 0 saturated carbocycles. The normalized spacial score (nSPS) is 11.5. The van der Waals surface area contributed by atoms with Gasteiger partial charge >= 0.3 is 0 Å². The number of hydrogen-bond donors (Lipinski definition) is 3. The molecular formula is C36H36ClN3O8S. The van der Waals surface area contributed by atoms with Gasteiger partial charge in [0.05, 0.1) is 51.5 Å². The molecule has 3 N–H and O–H groups in total. The summed E-state index contributed by atoms with van der Waals surface area (Å²) in [6, 6.07) is 22.0. The Morgan fingerprint density at radius 2 is 1.35 bits per heavy atom. The first-order chi connectivity index (χ1) is 23.6. The van der Waals surface area contributed by atoms with Crippen LogP contribution >= 0.6 is 23.4 Å². The summed E-state index contributed by atoms with van der Waals surface area (Å²) in [5.41, 5.74) is 1.74. The second-order valence-corrected chi connectivity index (χ2v) is 12.1. The van der Waals surface area contributed by atoms with E-state index in [4.69, 9.17) is 35.3 Å². The molecule has 256 valence electrons. The number of nitrogens with one attached hydrogen (secondary N) is 3. The minimum Gasteiger partial charge on any atom is -0.495 e. The van der Waals surface area contributed by atoms with Crippen molar-refractivity contribution in [2.75, 3.05) is 46.2 Å². The maximum absolute atomic E-state index is 13.6. The number of thioether (sulfide) groups is 1. The lowest BCUT2D eigenvalue weighted by atomic mass is 10.1. The van der Waals surface area contributed by atoms with Crippen LogP contribution in [0.5, 0.6) is 28.7 Å². The molecule has 0 aliphatic rings. The average molecular weight is 706 g/mol. The first-order valence-electron chi connectivity index (χ1n) is 14.8. The lowest BCUT2D eigenvalue weighted by Crippen LogP contribution is -2.30. The van der Waals surface area contributed by atoms with Gasteiger partial charge in [-0.2, -0.15) is 0 Å². The molecule has 3 amide bonds. The third-order valence-electron chi connectivity index (χ3n) is 7.05. The second-order valence-electron chi connectivity index (χ2n) is 10.3. The molecule has 0 bridgehead atoms. The molecule has 13 heteroatoms. The third-order valence-corrected chi connectivity index (χ3v) is 8.46. The molecule has 0 spiro atoms. The number of carbonyl (C=O) groups excluding carboxylic acids is 3. The van der Waals surface area contributed by atoms with E-state index in [1.807, 2.05) is 0 Å². The fourth-order valence-corrected chi connectivity index (χ4v) is 5.67. The van der Waals surface area contributed by atoms with Crippen molar-refractivity contribution in [3.05, 3.63) is 101 Å². The summed E-state index contributed by atoms with van der Waals surface area (Å²) in [6.45, 7) is 1.77. The van der Waals surface area contributed by atoms with Crippen molar-refractivity contribution in [1.82, 2.24) is 5.32 Å². The molecule has 0 fully saturated rings. The van der Waals surface area contributed by atoms with Crippen LogP contribution in [0.1, 0.15) is 22.8 Å². The maximum atomic E-state index is 13.6. The van der Waals surface area contributed by atoms with Crippen molar-refractivity contribution in [3.8, 4) is 28.7 Å². The van der Waals surface area contributed by atoms with Gasteiger partial charge in [-0.3, -0.25) is 14.4 Å². The van der Waals surface area contributed by atoms with E-state index in [2.05, 4.69) is 16.0 Å². The number of ether oxygens (including phenoxy) is 5. The summed E-state index contributed by atoms with van der Waals surface area (Å²) in [4.78, 5) is 40.5. The van der Waals surface area contributed by atoms with Crippen LogP contribution < -0.4 is 39.6 Å². The fraction of sp³-hybridized carbons (Fsp3) is 0.194. The summed E-state index contributed by atoms with van der Waals surface area (Å²) in [5, 5.41) is 8.23. The molecule has 0 heterocycles. The highest BCUT2D eigenvalue weighted by atomic mass is 35.5. The molecule has 0 aliphatic heterocycles. The Morgan fingerprint density at radius 1 is 0.735 bits per heavy atom. The average Bonchev–Trinajstić information content (AvgIpc) is 3.11. The van der Waals surface area contributed by atoms with E-state index >= 15 is 0 Å². The highest BCUT2D eigenvalue weighted by Gasteiger charge is 2.20. The van der Waals surface area contributed by atoms with Crippen LogP contribution in [0.4, 0.5) is 11.4 Å². The van der Waals surface area contributed by atoms with Crippen molar-refractivity contribution in [2.24, 2.45) is 0 Å². The molecule has 1 unspecified atom stereocenters. The van der Waals surface area contributed by atoms with Gasteiger partial charge in [0.15, 0.2) is 11.5 Å². The smallest absolute Gasteiger partial charge is 0.272 e. The van der Waals surface area contributed by atoms with E-state index in [0.717, 1.165) is 4.90 Å². The van der Waals surface area contributed by atoms with E-state index in [1.54, 1.807) is 85.8 Å². The number of hydrogen-bond acceptors (Lipinski definition) is 9. The number of halogens is 1. The van der Waals surface area contributed by atoms with E-state index in [0.29, 0.717) is 56.3 Å². The zero-order chi connectivity index (χ0) is 35.5.